The van der Waals surface area contributed by atoms with Gasteiger partial charge in [-0.1, -0.05) is 24.3 Å². The van der Waals surface area contributed by atoms with E-state index in [1.165, 1.54) is 67.8 Å². The van der Waals surface area contributed by atoms with Crippen molar-refractivity contribution < 1.29 is 56.6 Å². The lowest BCUT2D eigenvalue weighted by Gasteiger charge is -2.15. The third-order valence-corrected chi connectivity index (χ3v) is 12.6. The summed E-state index contributed by atoms with van der Waals surface area (Å²) in [6.07, 6.45) is 0.0182. The molecule has 0 aliphatic carbocycles. The standard InChI is InChI=1S/C38H31N7O13S4/c1-21-15-33(34(58-3)19-31(21)43-42-25-17-29-28(36(18-25)62(55,56)57)5-4-6-35(29)61(52,53)54)44-45-37-22(2)30(20-39)32(16-23-7-11-26(12-8-23)59(46,47)48)41-38(37)40-24-9-13-27(14-10-24)60(49,50)51/h4-15,17-19H,16H2,1-3H3,(H,40,41)(H,46,47,48)(H,49,50,51)(H,52,53,54)(H,55,56,57). The quantitative estimate of drug-likeness (QED) is 0.0543. The van der Waals surface area contributed by atoms with Gasteiger partial charge in [-0.15, -0.1) is 10.2 Å². The molecule has 0 unspecified atom stereocenters. The Hall–Kier alpha value is -6.56. The van der Waals surface area contributed by atoms with Crippen LogP contribution < -0.4 is 10.1 Å². The van der Waals surface area contributed by atoms with E-state index in [-0.39, 0.29) is 72.6 Å². The summed E-state index contributed by atoms with van der Waals surface area (Å²) >= 11 is 0. The van der Waals surface area contributed by atoms with E-state index >= 15 is 0 Å². The Kier molecular flexibility index (Phi) is 12.4. The number of rotatable bonds is 13. The van der Waals surface area contributed by atoms with Gasteiger partial charge in [0.15, 0.2) is 5.82 Å². The van der Waals surface area contributed by atoms with Crippen LogP contribution in [0.3, 0.4) is 0 Å². The van der Waals surface area contributed by atoms with Crippen LogP contribution >= 0.6 is 0 Å². The van der Waals surface area contributed by atoms with Crippen LogP contribution in [0.5, 0.6) is 5.75 Å². The topological polar surface area (TPSA) is 325 Å². The van der Waals surface area contributed by atoms with E-state index in [1.54, 1.807) is 13.8 Å². The molecule has 0 aliphatic heterocycles. The maximum absolute atomic E-state index is 12.3. The lowest BCUT2D eigenvalue weighted by Crippen LogP contribution is -2.05. The van der Waals surface area contributed by atoms with Gasteiger partial charge in [0.2, 0.25) is 0 Å². The zero-order valence-electron chi connectivity index (χ0n) is 32.1. The maximum Gasteiger partial charge on any atom is 0.295 e. The van der Waals surface area contributed by atoms with E-state index in [4.69, 9.17) is 4.74 Å². The summed E-state index contributed by atoms with van der Waals surface area (Å²) in [6.45, 7) is 3.20. The van der Waals surface area contributed by atoms with E-state index in [9.17, 15) is 57.1 Å². The number of azo groups is 2. The molecule has 62 heavy (non-hydrogen) atoms. The normalized spacial score (nSPS) is 12.5. The average molecular weight is 922 g/mol. The Labute approximate surface area is 354 Å². The highest BCUT2D eigenvalue weighted by molar-refractivity contribution is 7.86. The summed E-state index contributed by atoms with van der Waals surface area (Å²) in [5.74, 6) is 0.151. The summed E-state index contributed by atoms with van der Waals surface area (Å²) in [5, 5.41) is 29.9. The van der Waals surface area contributed by atoms with E-state index in [2.05, 4.69) is 36.8 Å². The summed E-state index contributed by atoms with van der Waals surface area (Å²) in [6, 6.07) is 20.9. The van der Waals surface area contributed by atoms with Crippen molar-refractivity contribution in [1.82, 2.24) is 4.98 Å². The Balaban J connectivity index is 1.41. The first kappa shape index (κ1) is 45.0. The van der Waals surface area contributed by atoms with Crippen LogP contribution in [0.15, 0.2) is 131 Å². The first-order chi connectivity index (χ1) is 29.0. The highest BCUT2D eigenvalue weighted by Crippen LogP contribution is 2.40. The number of nitrogens with zero attached hydrogens (tertiary/aromatic N) is 6. The highest BCUT2D eigenvalue weighted by Gasteiger charge is 2.23. The summed E-state index contributed by atoms with van der Waals surface area (Å²) in [7, 11) is -17.4. The van der Waals surface area contributed by atoms with Gasteiger partial charge < -0.3 is 10.1 Å². The molecule has 5 aromatic carbocycles. The molecule has 320 valence electrons. The fourth-order valence-electron chi connectivity index (χ4n) is 6.09. The molecule has 1 heterocycles. The van der Waals surface area contributed by atoms with Crippen LogP contribution in [-0.4, -0.2) is 64.0 Å². The minimum Gasteiger partial charge on any atom is -0.494 e. The zero-order valence-corrected chi connectivity index (χ0v) is 35.4. The molecule has 20 nitrogen and oxygen atoms in total. The lowest BCUT2D eigenvalue weighted by atomic mass is 10.0. The molecule has 6 rings (SSSR count). The Morgan fingerprint density at radius 2 is 1.27 bits per heavy atom. The van der Waals surface area contributed by atoms with Gasteiger partial charge in [0.05, 0.1) is 39.5 Å². The van der Waals surface area contributed by atoms with Crippen molar-refractivity contribution in [2.24, 2.45) is 20.5 Å². The molecule has 0 saturated carbocycles. The summed E-state index contributed by atoms with van der Waals surface area (Å²) in [4.78, 5) is 2.62. The van der Waals surface area contributed by atoms with E-state index < -0.39 is 50.3 Å². The van der Waals surface area contributed by atoms with Crippen LogP contribution in [0.25, 0.3) is 10.8 Å². The number of nitrogens with one attached hydrogen (secondary N) is 1. The summed E-state index contributed by atoms with van der Waals surface area (Å²) in [5.41, 5.74) is 2.04. The second-order valence-corrected chi connectivity index (χ2v) is 18.9. The molecule has 0 spiro atoms. The molecule has 0 radical (unpaired) electrons. The largest absolute Gasteiger partial charge is 0.494 e. The van der Waals surface area contributed by atoms with Gasteiger partial charge in [0.1, 0.15) is 33.0 Å². The Morgan fingerprint density at radius 3 is 1.84 bits per heavy atom. The molecule has 5 N–H and O–H groups in total. The maximum atomic E-state index is 12.3. The minimum atomic E-state index is -4.91. The number of hydrogen-bond acceptors (Lipinski definition) is 16. The predicted octanol–water partition coefficient (Wildman–Crippen LogP) is 7.88. The van der Waals surface area contributed by atoms with Crippen molar-refractivity contribution in [2.45, 2.75) is 39.9 Å². The molecule has 6 aromatic rings. The van der Waals surface area contributed by atoms with Crippen LogP contribution in [0.1, 0.15) is 27.9 Å². The molecular formula is C38H31N7O13S4. The van der Waals surface area contributed by atoms with Crippen molar-refractivity contribution in [1.29, 1.82) is 5.26 Å². The third-order valence-electron chi connectivity index (χ3n) is 9.10. The number of anilines is 2. The van der Waals surface area contributed by atoms with Crippen molar-refractivity contribution in [3.05, 3.63) is 119 Å². The third kappa shape index (κ3) is 9.96. The van der Waals surface area contributed by atoms with E-state index in [0.717, 1.165) is 30.3 Å². The zero-order chi connectivity index (χ0) is 45.4. The van der Waals surface area contributed by atoms with Crippen LogP contribution in [-0.2, 0) is 46.9 Å². The van der Waals surface area contributed by atoms with Gasteiger partial charge in [-0.3, -0.25) is 18.2 Å². The van der Waals surface area contributed by atoms with Gasteiger partial charge in [0, 0.05) is 34.5 Å². The highest BCUT2D eigenvalue weighted by atomic mass is 32.2. The molecule has 0 aliphatic rings. The van der Waals surface area contributed by atoms with E-state index in [0.29, 0.717) is 22.4 Å². The van der Waals surface area contributed by atoms with Crippen molar-refractivity contribution in [2.75, 3.05) is 12.4 Å². The summed E-state index contributed by atoms with van der Waals surface area (Å²) < 4.78 is 139. The second kappa shape index (κ2) is 17.1. The molecule has 0 fully saturated rings. The number of nitriles is 1. The smallest absolute Gasteiger partial charge is 0.295 e. The fourth-order valence-corrected chi connectivity index (χ4v) is 8.48. The van der Waals surface area contributed by atoms with Crippen molar-refractivity contribution >= 4 is 85.5 Å². The number of benzene rings is 5. The van der Waals surface area contributed by atoms with Gasteiger partial charge in [0.25, 0.3) is 40.5 Å². The first-order valence-electron chi connectivity index (χ1n) is 17.4. The molecule has 1 aromatic heterocycles. The number of ether oxygens (including phenoxy) is 1. The van der Waals surface area contributed by atoms with Crippen LogP contribution in [0.2, 0.25) is 0 Å². The molecule has 0 bridgehead atoms. The average Bonchev–Trinajstić information content (AvgIpc) is 3.19. The van der Waals surface area contributed by atoms with Gasteiger partial charge in [-0.05, 0) is 85.6 Å². The molecule has 0 amide bonds. The lowest BCUT2D eigenvalue weighted by molar-refractivity contribution is 0.416. The number of hydrogen-bond donors (Lipinski definition) is 5. The number of pyridine rings is 1. The van der Waals surface area contributed by atoms with Crippen molar-refractivity contribution in [3.63, 3.8) is 0 Å². The molecule has 0 saturated heterocycles. The Morgan fingerprint density at radius 1 is 0.677 bits per heavy atom. The number of aryl methyl sites for hydroxylation is 1. The fraction of sp³-hybridized carbons (Fsp3) is 0.105. The monoisotopic (exact) mass is 921 g/mol. The molecule has 24 heteroatoms. The number of fused-ring (bicyclic) bond motifs is 1. The SMILES string of the molecule is COc1cc(N=Nc2cc(S(=O)(=O)O)c3cccc(S(=O)(=O)O)c3c2)c(C)cc1N=Nc1c(Nc2ccc(S(=O)(=O)O)cc2)nc(Cc2ccc(S(=O)(=O)O)cc2)c(C#N)c1C. The number of methoxy groups -OCH3 is 1. The minimum absolute atomic E-state index is 0.0182. The van der Waals surface area contributed by atoms with Gasteiger partial charge in [-0.25, -0.2) is 4.98 Å². The van der Waals surface area contributed by atoms with Crippen molar-refractivity contribution in [3.8, 4) is 11.8 Å². The molecular weight excluding hydrogens is 891 g/mol. The van der Waals surface area contributed by atoms with Crippen LogP contribution in [0.4, 0.5) is 34.3 Å². The van der Waals surface area contributed by atoms with E-state index in [1.807, 2.05) is 0 Å². The number of aromatic nitrogens is 1. The van der Waals surface area contributed by atoms with Gasteiger partial charge in [-0.2, -0.15) is 49.2 Å². The Bertz CT molecular complexity index is 3360. The second-order valence-electron chi connectivity index (χ2n) is 13.2. The first-order valence-corrected chi connectivity index (χ1v) is 23.1. The van der Waals surface area contributed by atoms with Gasteiger partial charge >= 0.3 is 0 Å². The predicted molar refractivity (Wildman–Crippen MR) is 222 cm³/mol. The van der Waals surface area contributed by atoms with Crippen LogP contribution in [0, 0.1) is 25.2 Å². The molecule has 0 atom stereocenters.